The number of fused-ring (bicyclic) bond motifs is 1. The third-order valence-corrected chi connectivity index (χ3v) is 2.94. The monoisotopic (exact) mass is 232 g/mol. The zero-order valence-electron chi connectivity index (χ0n) is 9.17. The maximum Gasteiger partial charge on any atom is 0.213 e. The molecule has 1 aliphatic carbocycles. The molecule has 0 spiro atoms. The Morgan fingerprint density at radius 3 is 3.24 bits per heavy atom. The summed E-state index contributed by atoms with van der Waals surface area (Å²) in [7, 11) is 0. The van der Waals surface area contributed by atoms with Crippen LogP contribution in [0.5, 0.6) is 5.75 Å². The maximum atomic E-state index is 9.68. The van der Waals surface area contributed by atoms with Gasteiger partial charge in [-0.25, -0.2) is 0 Å². The SMILES string of the molecule is O[C@@H]1CCc2cc(OCc3ncon3)ccc21. The average molecular weight is 232 g/mol. The van der Waals surface area contributed by atoms with Gasteiger partial charge in [0, 0.05) is 0 Å². The van der Waals surface area contributed by atoms with Gasteiger partial charge in [0.05, 0.1) is 6.10 Å². The van der Waals surface area contributed by atoms with E-state index in [9.17, 15) is 5.11 Å². The Morgan fingerprint density at radius 1 is 1.47 bits per heavy atom. The normalized spacial score (nSPS) is 18.1. The molecule has 1 aliphatic rings. The Bertz CT molecular complexity index is 510. The van der Waals surface area contributed by atoms with Crippen molar-refractivity contribution in [2.45, 2.75) is 25.6 Å². The van der Waals surface area contributed by atoms with Crippen LogP contribution in [0.4, 0.5) is 0 Å². The van der Waals surface area contributed by atoms with E-state index in [0.717, 1.165) is 29.7 Å². The summed E-state index contributed by atoms with van der Waals surface area (Å²) in [6.07, 6.45) is 2.65. The smallest absolute Gasteiger partial charge is 0.213 e. The third-order valence-electron chi connectivity index (χ3n) is 2.94. The number of benzene rings is 1. The molecule has 1 aromatic heterocycles. The van der Waals surface area contributed by atoms with Crippen LogP contribution >= 0.6 is 0 Å². The fourth-order valence-electron chi connectivity index (χ4n) is 2.07. The first-order valence-corrected chi connectivity index (χ1v) is 5.52. The van der Waals surface area contributed by atoms with Crippen molar-refractivity contribution in [1.29, 1.82) is 0 Å². The first kappa shape index (κ1) is 10.3. The number of aryl methyl sites for hydroxylation is 1. The molecular formula is C12H12N2O3. The van der Waals surface area contributed by atoms with E-state index in [0.29, 0.717) is 5.82 Å². The molecule has 0 aliphatic heterocycles. The molecule has 0 bridgehead atoms. The number of aliphatic hydroxyl groups excluding tert-OH is 1. The van der Waals surface area contributed by atoms with Crippen LogP contribution in [0, 0.1) is 0 Å². The van der Waals surface area contributed by atoms with Crippen molar-refractivity contribution in [3.8, 4) is 5.75 Å². The van der Waals surface area contributed by atoms with Crippen molar-refractivity contribution < 1.29 is 14.4 Å². The zero-order chi connectivity index (χ0) is 11.7. The van der Waals surface area contributed by atoms with E-state index in [4.69, 9.17) is 4.74 Å². The van der Waals surface area contributed by atoms with Gasteiger partial charge < -0.3 is 14.4 Å². The van der Waals surface area contributed by atoms with Crippen LogP contribution < -0.4 is 4.74 Å². The summed E-state index contributed by atoms with van der Waals surface area (Å²) in [4.78, 5) is 3.87. The Kier molecular flexibility index (Phi) is 2.53. The van der Waals surface area contributed by atoms with Crippen LogP contribution in [0.25, 0.3) is 0 Å². The Labute approximate surface area is 98.0 Å². The van der Waals surface area contributed by atoms with Gasteiger partial charge in [0.2, 0.25) is 12.2 Å². The quantitative estimate of drug-likeness (QED) is 0.871. The molecule has 0 unspecified atom stereocenters. The second-order valence-electron chi connectivity index (χ2n) is 4.05. The van der Waals surface area contributed by atoms with Gasteiger partial charge in [0.15, 0.2) is 6.61 Å². The second-order valence-corrected chi connectivity index (χ2v) is 4.05. The molecule has 17 heavy (non-hydrogen) atoms. The lowest BCUT2D eigenvalue weighted by atomic mass is 10.1. The number of ether oxygens (including phenoxy) is 1. The fraction of sp³-hybridized carbons (Fsp3) is 0.333. The molecule has 5 nitrogen and oxygen atoms in total. The molecule has 1 N–H and O–H groups in total. The van der Waals surface area contributed by atoms with E-state index in [2.05, 4.69) is 14.7 Å². The predicted molar refractivity (Wildman–Crippen MR) is 58.4 cm³/mol. The Morgan fingerprint density at radius 2 is 2.41 bits per heavy atom. The van der Waals surface area contributed by atoms with E-state index in [-0.39, 0.29) is 12.7 Å². The van der Waals surface area contributed by atoms with Gasteiger partial charge in [-0.2, -0.15) is 4.98 Å². The largest absolute Gasteiger partial charge is 0.485 e. The first-order valence-electron chi connectivity index (χ1n) is 5.52. The Hall–Kier alpha value is -1.88. The summed E-state index contributed by atoms with van der Waals surface area (Å²) in [6, 6.07) is 5.73. The van der Waals surface area contributed by atoms with Crippen molar-refractivity contribution in [2.24, 2.45) is 0 Å². The van der Waals surface area contributed by atoms with Crippen LogP contribution in [0.15, 0.2) is 29.1 Å². The number of aromatic nitrogens is 2. The topological polar surface area (TPSA) is 68.4 Å². The van der Waals surface area contributed by atoms with Gasteiger partial charge in [-0.15, -0.1) is 0 Å². The van der Waals surface area contributed by atoms with Crippen LogP contribution in [-0.2, 0) is 13.0 Å². The molecular weight excluding hydrogens is 220 g/mol. The number of aliphatic hydroxyl groups is 1. The standard InChI is InChI=1S/C12H12N2O3/c15-11-4-1-8-5-9(2-3-10(8)11)16-6-12-13-7-17-14-12/h2-3,5,7,11,15H,1,4,6H2/t11-/m1/s1. The van der Waals surface area contributed by atoms with Crippen LogP contribution in [0.2, 0.25) is 0 Å². The molecule has 0 fully saturated rings. The maximum absolute atomic E-state index is 9.68. The van der Waals surface area contributed by atoms with Crippen molar-refractivity contribution in [1.82, 2.24) is 10.1 Å². The predicted octanol–water partition coefficient (Wildman–Crippen LogP) is 1.63. The van der Waals surface area contributed by atoms with Crippen molar-refractivity contribution in [3.63, 3.8) is 0 Å². The molecule has 5 heteroatoms. The van der Waals surface area contributed by atoms with Gasteiger partial charge in [0.1, 0.15) is 5.75 Å². The second kappa shape index (κ2) is 4.18. The first-order chi connectivity index (χ1) is 8.33. The number of nitrogens with zero attached hydrogens (tertiary/aromatic N) is 2. The third kappa shape index (κ3) is 2.01. The highest BCUT2D eigenvalue weighted by atomic mass is 16.5. The number of hydrogen-bond acceptors (Lipinski definition) is 5. The van der Waals surface area contributed by atoms with E-state index in [1.807, 2.05) is 18.2 Å². The van der Waals surface area contributed by atoms with E-state index in [1.165, 1.54) is 6.39 Å². The van der Waals surface area contributed by atoms with Crippen molar-refractivity contribution in [2.75, 3.05) is 0 Å². The minimum Gasteiger partial charge on any atom is -0.485 e. The molecule has 0 amide bonds. The average Bonchev–Trinajstić information content (AvgIpc) is 2.97. The van der Waals surface area contributed by atoms with Gasteiger partial charge in [0.25, 0.3) is 0 Å². The lowest BCUT2D eigenvalue weighted by Crippen LogP contribution is -1.98. The Balaban J connectivity index is 1.72. The molecule has 3 rings (SSSR count). The summed E-state index contributed by atoms with van der Waals surface area (Å²) in [5, 5.41) is 13.3. The summed E-state index contributed by atoms with van der Waals surface area (Å²) in [6.45, 7) is 0.290. The van der Waals surface area contributed by atoms with Gasteiger partial charge in [-0.1, -0.05) is 11.2 Å². The van der Waals surface area contributed by atoms with Crippen molar-refractivity contribution >= 4 is 0 Å². The number of hydrogen-bond donors (Lipinski definition) is 1. The molecule has 2 aromatic rings. The zero-order valence-corrected chi connectivity index (χ0v) is 9.17. The van der Waals surface area contributed by atoms with E-state index >= 15 is 0 Å². The molecule has 88 valence electrons. The van der Waals surface area contributed by atoms with Crippen LogP contribution in [-0.4, -0.2) is 15.2 Å². The molecule has 1 aromatic carbocycles. The highest BCUT2D eigenvalue weighted by molar-refractivity contribution is 5.39. The highest BCUT2D eigenvalue weighted by Crippen LogP contribution is 2.33. The molecule has 0 saturated heterocycles. The lowest BCUT2D eigenvalue weighted by Gasteiger charge is -2.07. The molecule has 0 saturated carbocycles. The van der Waals surface area contributed by atoms with Gasteiger partial charge in [-0.3, -0.25) is 0 Å². The van der Waals surface area contributed by atoms with Crippen LogP contribution in [0.1, 0.15) is 29.5 Å². The molecule has 1 heterocycles. The highest BCUT2D eigenvalue weighted by Gasteiger charge is 2.20. The minimum absolute atomic E-state index is 0.290. The van der Waals surface area contributed by atoms with Gasteiger partial charge >= 0.3 is 0 Å². The van der Waals surface area contributed by atoms with Crippen molar-refractivity contribution in [3.05, 3.63) is 41.5 Å². The van der Waals surface area contributed by atoms with Crippen LogP contribution in [0.3, 0.4) is 0 Å². The lowest BCUT2D eigenvalue weighted by molar-refractivity contribution is 0.180. The molecule has 1 atom stereocenters. The number of rotatable bonds is 3. The molecule has 0 radical (unpaired) electrons. The van der Waals surface area contributed by atoms with E-state index < -0.39 is 0 Å². The minimum atomic E-state index is -0.323. The van der Waals surface area contributed by atoms with Gasteiger partial charge in [-0.05, 0) is 36.1 Å². The fourth-order valence-corrected chi connectivity index (χ4v) is 2.07. The summed E-state index contributed by atoms with van der Waals surface area (Å²) < 4.78 is 10.2. The van der Waals surface area contributed by atoms with E-state index in [1.54, 1.807) is 0 Å². The summed E-state index contributed by atoms with van der Waals surface area (Å²) in [5.74, 6) is 1.29. The summed E-state index contributed by atoms with van der Waals surface area (Å²) in [5.41, 5.74) is 2.17. The summed E-state index contributed by atoms with van der Waals surface area (Å²) >= 11 is 0.